The van der Waals surface area contributed by atoms with Gasteiger partial charge in [-0.25, -0.2) is 0 Å². The summed E-state index contributed by atoms with van der Waals surface area (Å²) >= 11 is 11.7. The highest BCUT2D eigenvalue weighted by molar-refractivity contribution is 6.34. The van der Waals surface area contributed by atoms with Crippen LogP contribution >= 0.6 is 23.2 Å². The van der Waals surface area contributed by atoms with E-state index in [2.05, 4.69) is 0 Å². The Labute approximate surface area is 99.1 Å². The Kier molecular flexibility index (Phi) is 4.43. The van der Waals surface area contributed by atoms with E-state index >= 15 is 0 Å². The smallest absolute Gasteiger partial charge is 0.139 e. The van der Waals surface area contributed by atoms with Crippen LogP contribution in [-0.4, -0.2) is 11.9 Å². The fraction of sp³-hybridized carbons (Fsp3) is 0.364. The number of ketones is 1. The number of rotatable bonds is 4. The third-order valence-corrected chi connectivity index (χ3v) is 2.34. The SMILES string of the molecule is CC(=O)CC(C)Oc1cc(Cl)ccc1Cl. The van der Waals surface area contributed by atoms with Gasteiger partial charge in [-0.3, -0.25) is 4.79 Å². The van der Waals surface area contributed by atoms with E-state index < -0.39 is 0 Å². The molecule has 15 heavy (non-hydrogen) atoms. The molecular formula is C11H12Cl2O2. The summed E-state index contributed by atoms with van der Waals surface area (Å²) in [5.74, 6) is 0.596. The van der Waals surface area contributed by atoms with Crippen LogP contribution < -0.4 is 4.74 Å². The Morgan fingerprint density at radius 1 is 1.47 bits per heavy atom. The van der Waals surface area contributed by atoms with Gasteiger partial charge in [0.2, 0.25) is 0 Å². The molecule has 0 saturated carbocycles. The third-order valence-electron chi connectivity index (χ3n) is 1.80. The van der Waals surface area contributed by atoms with Crippen LogP contribution in [0.1, 0.15) is 20.3 Å². The van der Waals surface area contributed by atoms with Gasteiger partial charge in [-0.15, -0.1) is 0 Å². The van der Waals surface area contributed by atoms with Crippen LogP contribution in [0.15, 0.2) is 18.2 Å². The second-order valence-electron chi connectivity index (χ2n) is 3.41. The van der Waals surface area contributed by atoms with E-state index in [-0.39, 0.29) is 11.9 Å². The van der Waals surface area contributed by atoms with Crippen LogP contribution in [0.25, 0.3) is 0 Å². The summed E-state index contributed by atoms with van der Waals surface area (Å²) in [4.78, 5) is 10.9. The highest BCUT2D eigenvalue weighted by Gasteiger charge is 2.09. The molecule has 1 aromatic carbocycles. The van der Waals surface area contributed by atoms with Crippen molar-refractivity contribution >= 4 is 29.0 Å². The molecule has 0 amide bonds. The van der Waals surface area contributed by atoms with Gasteiger partial charge in [0.05, 0.1) is 5.02 Å². The summed E-state index contributed by atoms with van der Waals surface area (Å²) in [5.41, 5.74) is 0. The van der Waals surface area contributed by atoms with Crippen molar-refractivity contribution in [2.75, 3.05) is 0 Å². The van der Waals surface area contributed by atoms with Crippen LogP contribution in [0, 0.1) is 0 Å². The second kappa shape index (κ2) is 5.38. The van der Waals surface area contributed by atoms with Crippen LogP contribution in [-0.2, 0) is 4.79 Å². The molecule has 1 atom stereocenters. The number of carbonyl (C=O) groups is 1. The number of hydrogen-bond donors (Lipinski definition) is 0. The molecule has 0 aliphatic carbocycles. The van der Waals surface area contributed by atoms with Gasteiger partial charge in [0.15, 0.2) is 0 Å². The van der Waals surface area contributed by atoms with Gasteiger partial charge in [0.1, 0.15) is 17.6 Å². The van der Waals surface area contributed by atoms with Gasteiger partial charge >= 0.3 is 0 Å². The van der Waals surface area contributed by atoms with Crippen molar-refractivity contribution in [3.8, 4) is 5.75 Å². The van der Waals surface area contributed by atoms with Crippen LogP contribution in [0.2, 0.25) is 10.0 Å². The zero-order valence-electron chi connectivity index (χ0n) is 8.59. The molecule has 4 heteroatoms. The van der Waals surface area contributed by atoms with Gasteiger partial charge < -0.3 is 4.74 Å². The Hall–Kier alpha value is -0.730. The van der Waals surface area contributed by atoms with E-state index in [1.165, 1.54) is 6.92 Å². The summed E-state index contributed by atoms with van der Waals surface area (Å²) in [6, 6.07) is 4.99. The molecule has 82 valence electrons. The summed E-state index contributed by atoms with van der Waals surface area (Å²) in [7, 11) is 0. The molecule has 1 rings (SSSR count). The Morgan fingerprint density at radius 2 is 2.13 bits per heavy atom. The van der Waals surface area contributed by atoms with Crippen molar-refractivity contribution < 1.29 is 9.53 Å². The fourth-order valence-electron chi connectivity index (χ4n) is 1.23. The van der Waals surface area contributed by atoms with E-state index in [4.69, 9.17) is 27.9 Å². The van der Waals surface area contributed by atoms with Crippen molar-refractivity contribution in [2.45, 2.75) is 26.4 Å². The fourth-order valence-corrected chi connectivity index (χ4v) is 1.55. The molecular weight excluding hydrogens is 235 g/mol. The molecule has 0 aromatic heterocycles. The minimum Gasteiger partial charge on any atom is -0.489 e. The molecule has 0 saturated heterocycles. The first kappa shape index (κ1) is 12.3. The molecule has 0 aliphatic heterocycles. The van der Waals surface area contributed by atoms with Gasteiger partial charge in [-0.05, 0) is 26.0 Å². The molecule has 0 aliphatic rings. The highest BCUT2D eigenvalue weighted by Crippen LogP contribution is 2.28. The minimum absolute atomic E-state index is 0.0839. The lowest BCUT2D eigenvalue weighted by Crippen LogP contribution is -2.15. The average molecular weight is 247 g/mol. The average Bonchev–Trinajstić information content (AvgIpc) is 2.10. The number of ether oxygens (including phenoxy) is 1. The number of halogens is 2. The molecule has 0 fully saturated rings. The lowest BCUT2D eigenvalue weighted by Gasteiger charge is -2.14. The summed E-state index contributed by atoms with van der Waals surface area (Å²) in [6.45, 7) is 3.35. The zero-order chi connectivity index (χ0) is 11.4. The van der Waals surface area contributed by atoms with Crippen LogP contribution in [0.4, 0.5) is 0 Å². The van der Waals surface area contributed by atoms with Gasteiger partial charge in [-0.2, -0.15) is 0 Å². The predicted octanol–water partition coefficient (Wildman–Crippen LogP) is 3.74. The first-order valence-electron chi connectivity index (χ1n) is 4.60. The number of carbonyl (C=O) groups excluding carboxylic acids is 1. The Balaban J connectivity index is 2.71. The standard InChI is InChI=1S/C11H12Cl2O2/c1-7(14)5-8(2)15-11-6-9(12)3-4-10(11)13/h3-4,6,8H,5H2,1-2H3. The lowest BCUT2D eigenvalue weighted by molar-refractivity contribution is -0.118. The van der Waals surface area contributed by atoms with Crippen LogP contribution in [0.5, 0.6) is 5.75 Å². The van der Waals surface area contributed by atoms with E-state index in [9.17, 15) is 4.79 Å². The van der Waals surface area contributed by atoms with E-state index in [0.29, 0.717) is 22.2 Å². The number of Topliss-reactive ketones (excluding diaryl/α,β-unsaturated/α-hetero) is 1. The lowest BCUT2D eigenvalue weighted by atomic mass is 10.2. The molecule has 2 nitrogen and oxygen atoms in total. The zero-order valence-corrected chi connectivity index (χ0v) is 10.1. The van der Waals surface area contributed by atoms with Crippen molar-refractivity contribution in [2.24, 2.45) is 0 Å². The van der Waals surface area contributed by atoms with Gasteiger partial charge in [-0.1, -0.05) is 23.2 Å². The molecule has 1 aromatic rings. The second-order valence-corrected chi connectivity index (χ2v) is 4.25. The molecule has 1 unspecified atom stereocenters. The molecule has 0 N–H and O–H groups in total. The van der Waals surface area contributed by atoms with Crippen molar-refractivity contribution in [3.63, 3.8) is 0 Å². The first-order valence-corrected chi connectivity index (χ1v) is 5.36. The summed E-state index contributed by atoms with van der Waals surface area (Å²) < 4.78 is 5.50. The van der Waals surface area contributed by atoms with E-state index in [1.54, 1.807) is 18.2 Å². The maximum Gasteiger partial charge on any atom is 0.139 e. The van der Waals surface area contributed by atoms with Crippen molar-refractivity contribution in [1.82, 2.24) is 0 Å². The maximum absolute atomic E-state index is 10.9. The van der Waals surface area contributed by atoms with Gasteiger partial charge in [0.25, 0.3) is 0 Å². The minimum atomic E-state index is -0.196. The number of benzene rings is 1. The van der Waals surface area contributed by atoms with Crippen molar-refractivity contribution in [1.29, 1.82) is 0 Å². The Bertz CT molecular complexity index is 364. The first-order chi connectivity index (χ1) is 6.99. The number of hydrogen-bond acceptors (Lipinski definition) is 2. The Morgan fingerprint density at radius 3 is 2.73 bits per heavy atom. The highest BCUT2D eigenvalue weighted by atomic mass is 35.5. The monoisotopic (exact) mass is 246 g/mol. The van der Waals surface area contributed by atoms with E-state index in [1.807, 2.05) is 6.92 Å². The normalized spacial score (nSPS) is 12.3. The molecule has 0 spiro atoms. The quantitative estimate of drug-likeness (QED) is 0.810. The van der Waals surface area contributed by atoms with Gasteiger partial charge in [0, 0.05) is 17.5 Å². The van der Waals surface area contributed by atoms with E-state index in [0.717, 1.165) is 0 Å². The molecule has 0 bridgehead atoms. The molecule has 0 radical (unpaired) electrons. The molecule has 0 heterocycles. The maximum atomic E-state index is 10.9. The largest absolute Gasteiger partial charge is 0.489 e. The third kappa shape index (κ3) is 4.10. The van der Waals surface area contributed by atoms with Crippen LogP contribution in [0.3, 0.4) is 0 Å². The van der Waals surface area contributed by atoms with Crippen molar-refractivity contribution in [3.05, 3.63) is 28.2 Å². The predicted molar refractivity (Wildman–Crippen MR) is 61.9 cm³/mol. The topological polar surface area (TPSA) is 26.3 Å². The summed E-state index contributed by atoms with van der Waals surface area (Å²) in [6.07, 6.45) is 0.168. The summed E-state index contributed by atoms with van der Waals surface area (Å²) in [5, 5.41) is 1.05.